The van der Waals surface area contributed by atoms with Crippen LogP contribution in [0.4, 0.5) is 0 Å². The van der Waals surface area contributed by atoms with E-state index in [1.54, 1.807) is 6.08 Å². The van der Waals surface area contributed by atoms with Crippen molar-refractivity contribution in [2.45, 2.75) is 216 Å². The van der Waals surface area contributed by atoms with E-state index in [2.05, 4.69) is 6.92 Å². The Balaban J connectivity index is 1.16. The fraction of sp³-hybridized carbons (Fsp3) is 0.919. The maximum Gasteiger partial charge on any atom is 0.334 e. The van der Waals surface area contributed by atoms with E-state index in [9.17, 15) is 25.2 Å². The summed E-state index contributed by atoms with van der Waals surface area (Å²) in [7, 11) is 0. The van der Waals surface area contributed by atoms with Gasteiger partial charge in [-0.25, -0.2) is 4.79 Å². The average Bonchev–Trinajstić information content (AvgIpc) is 3.77. The molecule has 4 N–H and O–H groups in total. The molecule has 0 aliphatic carbocycles. The molecule has 3 aliphatic rings. The number of aliphatic hydroxyl groups is 4. The van der Waals surface area contributed by atoms with E-state index in [-0.39, 0.29) is 36.5 Å². The van der Waals surface area contributed by atoms with Crippen LogP contribution in [0.5, 0.6) is 0 Å². The summed E-state index contributed by atoms with van der Waals surface area (Å²) in [6, 6.07) is 0. The molecule has 0 aromatic carbocycles. The minimum atomic E-state index is -0.627. The molecule has 9 atom stereocenters. The molecule has 3 rings (SSSR count). The lowest BCUT2D eigenvalue weighted by Crippen LogP contribution is -2.33. The van der Waals surface area contributed by atoms with Crippen LogP contribution in [0.1, 0.15) is 162 Å². The van der Waals surface area contributed by atoms with Crippen molar-refractivity contribution in [1.82, 2.24) is 0 Å². The summed E-state index contributed by atoms with van der Waals surface area (Å²) in [6.45, 7) is 4.07. The van der Waals surface area contributed by atoms with E-state index in [0.29, 0.717) is 31.3 Å². The van der Waals surface area contributed by atoms with Gasteiger partial charge in [0.25, 0.3) is 0 Å². The molecule has 45 heavy (non-hydrogen) atoms. The second-order valence-electron chi connectivity index (χ2n) is 14.2. The Morgan fingerprint density at radius 3 is 1.78 bits per heavy atom. The summed E-state index contributed by atoms with van der Waals surface area (Å²) < 4.78 is 17.3. The molecule has 8 heteroatoms. The molecule has 2 fully saturated rings. The highest BCUT2D eigenvalue weighted by molar-refractivity contribution is 5.90. The quantitative estimate of drug-likeness (QED) is 0.0634. The molecule has 0 amide bonds. The maximum atomic E-state index is 11.7. The molecule has 0 radical (unpaired) electrons. The van der Waals surface area contributed by atoms with Gasteiger partial charge >= 0.3 is 5.97 Å². The summed E-state index contributed by atoms with van der Waals surface area (Å²) in [5.41, 5.74) is 0.600. The van der Waals surface area contributed by atoms with Gasteiger partial charge in [-0.05, 0) is 70.8 Å². The predicted octanol–water partition coefficient (Wildman–Crippen LogP) is 6.83. The number of hydrogen-bond donors (Lipinski definition) is 4. The van der Waals surface area contributed by atoms with Gasteiger partial charge in [0.2, 0.25) is 0 Å². The molecular formula is C37H66O8. The number of ether oxygens (including phenoxy) is 3. The number of hydrogen-bond acceptors (Lipinski definition) is 8. The Kier molecular flexibility index (Phi) is 18.6. The third kappa shape index (κ3) is 14.7. The first-order chi connectivity index (χ1) is 21.8. The molecule has 3 heterocycles. The minimum Gasteiger partial charge on any atom is -0.455 e. The van der Waals surface area contributed by atoms with Gasteiger partial charge in [0.15, 0.2) is 0 Å². The summed E-state index contributed by atoms with van der Waals surface area (Å²) in [5, 5.41) is 42.4. The van der Waals surface area contributed by atoms with E-state index in [1.165, 1.54) is 38.5 Å². The number of unbranched alkanes of at least 4 members (excludes halogenated alkanes) is 11. The Hall–Kier alpha value is -1.03. The van der Waals surface area contributed by atoms with E-state index in [1.807, 2.05) is 6.92 Å². The van der Waals surface area contributed by atoms with Gasteiger partial charge in [0, 0.05) is 12.0 Å². The van der Waals surface area contributed by atoms with E-state index < -0.39 is 24.4 Å². The van der Waals surface area contributed by atoms with Crippen LogP contribution < -0.4 is 0 Å². The fourth-order valence-electron chi connectivity index (χ4n) is 7.29. The van der Waals surface area contributed by atoms with Crippen LogP contribution in [-0.2, 0) is 19.0 Å². The lowest BCUT2D eigenvalue weighted by Gasteiger charge is -2.24. The van der Waals surface area contributed by atoms with Crippen LogP contribution in [0.2, 0.25) is 0 Å². The van der Waals surface area contributed by atoms with E-state index in [4.69, 9.17) is 14.2 Å². The number of carbonyl (C=O) groups is 1. The monoisotopic (exact) mass is 638 g/mol. The molecule has 0 aromatic rings. The summed E-state index contributed by atoms with van der Waals surface area (Å²) in [5.74, 6) is -0.295. The van der Waals surface area contributed by atoms with Gasteiger partial charge in [-0.3, -0.25) is 0 Å². The molecular weight excluding hydrogens is 572 g/mol. The molecule has 3 aliphatic heterocycles. The van der Waals surface area contributed by atoms with Crippen LogP contribution in [0.25, 0.3) is 0 Å². The third-order valence-corrected chi connectivity index (χ3v) is 10.1. The van der Waals surface area contributed by atoms with Crippen LogP contribution in [-0.4, -0.2) is 81.3 Å². The molecule has 8 nitrogen and oxygen atoms in total. The lowest BCUT2D eigenvalue weighted by molar-refractivity contribution is -0.139. The molecule has 0 aromatic heterocycles. The zero-order valence-corrected chi connectivity index (χ0v) is 28.5. The number of rotatable bonds is 25. The van der Waals surface area contributed by atoms with Crippen molar-refractivity contribution in [3.63, 3.8) is 0 Å². The Morgan fingerprint density at radius 1 is 0.667 bits per heavy atom. The van der Waals surface area contributed by atoms with Crippen molar-refractivity contribution < 1.29 is 39.4 Å². The predicted molar refractivity (Wildman–Crippen MR) is 177 cm³/mol. The zero-order valence-electron chi connectivity index (χ0n) is 28.5. The van der Waals surface area contributed by atoms with Gasteiger partial charge in [0.05, 0.1) is 48.8 Å². The first-order valence-electron chi connectivity index (χ1n) is 18.7. The normalized spacial score (nSPS) is 27.8. The molecule has 0 spiro atoms. The molecule has 0 unspecified atom stereocenters. The number of carbonyl (C=O) groups excluding carboxylic acids is 1. The Morgan fingerprint density at radius 2 is 1.18 bits per heavy atom. The third-order valence-electron chi connectivity index (χ3n) is 10.1. The maximum absolute atomic E-state index is 11.7. The highest BCUT2D eigenvalue weighted by atomic mass is 16.5. The first-order valence-corrected chi connectivity index (χ1v) is 18.7. The standard InChI is InChI=1S/C37H66O8/c1-3-4-5-6-7-8-12-15-18-31(39)35-23-24-36(45-35)33(41)21-20-32(40)34-22-19-30(44-34)17-14-11-9-10-13-16-29(38)26-28-25-27(2)43-37(28)42/h25,27,29-36,38-41H,3-24,26H2,1-2H3/t27-,29+,30-,31+,32+,33-,34+,35+,36-/m1/s1. The van der Waals surface area contributed by atoms with Crippen molar-refractivity contribution in [3.05, 3.63) is 11.6 Å². The fourth-order valence-corrected chi connectivity index (χ4v) is 7.29. The Bertz CT molecular complexity index is 833. The van der Waals surface area contributed by atoms with Crippen LogP contribution in [0.3, 0.4) is 0 Å². The molecule has 0 saturated carbocycles. The lowest BCUT2D eigenvalue weighted by atomic mass is 9.98. The van der Waals surface area contributed by atoms with Gasteiger partial charge in [-0.1, -0.05) is 90.4 Å². The van der Waals surface area contributed by atoms with Crippen LogP contribution in [0.15, 0.2) is 11.6 Å². The molecule has 0 bridgehead atoms. The van der Waals surface area contributed by atoms with Crippen LogP contribution in [0, 0.1) is 0 Å². The van der Waals surface area contributed by atoms with E-state index in [0.717, 1.165) is 83.5 Å². The van der Waals surface area contributed by atoms with Crippen molar-refractivity contribution in [2.24, 2.45) is 0 Å². The highest BCUT2D eigenvalue weighted by Crippen LogP contribution is 2.31. The second-order valence-corrected chi connectivity index (χ2v) is 14.2. The number of aliphatic hydroxyl groups excluding tert-OH is 4. The number of cyclic esters (lactones) is 1. The van der Waals surface area contributed by atoms with Gasteiger partial charge in [-0.2, -0.15) is 0 Å². The summed E-state index contributed by atoms with van der Waals surface area (Å²) in [6.07, 6.45) is 21.6. The first kappa shape index (κ1) is 38.4. The van der Waals surface area contributed by atoms with Crippen molar-refractivity contribution in [3.8, 4) is 0 Å². The minimum absolute atomic E-state index is 0.162. The summed E-state index contributed by atoms with van der Waals surface area (Å²) >= 11 is 0. The number of esters is 1. The van der Waals surface area contributed by atoms with Gasteiger partial charge in [-0.15, -0.1) is 0 Å². The largest absolute Gasteiger partial charge is 0.455 e. The average molecular weight is 639 g/mol. The van der Waals surface area contributed by atoms with Gasteiger partial charge < -0.3 is 34.6 Å². The zero-order chi connectivity index (χ0) is 32.4. The van der Waals surface area contributed by atoms with Crippen molar-refractivity contribution >= 4 is 5.97 Å². The van der Waals surface area contributed by atoms with Crippen molar-refractivity contribution in [1.29, 1.82) is 0 Å². The van der Waals surface area contributed by atoms with Crippen LogP contribution >= 0.6 is 0 Å². The SMILES string of the molecule is CCCCCCCCCC[C@H](O)[C@@H]1CC[C@H]([C@H](O)CC[C@H](O)[C@@H]2CC[C@@H](CCCCCCC[C@H](O)CC3=C[C@@H](C)OC3=O)O2)O1. The summed E-state index contributed by atoms with van der Waals surface area (Å²) in [4.78, 5) is 11.7. The smallest absolute Gasteiger partial charge is 0.334 e. The topological polar surface area (TPSA) is 126 Å². The Labute approximate surface area is 273 Å². The van der Waals surface area contributed by atoms with Crippen molar-refractivity contribution in [2.75, 3.05) is 0 Å². The highest BCUT2D eigenvalue weighted by Gasteiger charge is 2.36. The molecule has 2 saturated heterocycles. The molecule has 262 valence electrons. The second kappa shape index (κ2) is 21.8. The van der Waals surface area contributed by atoms with E-state index >= 15 is 0 Å². The van der Waals surface area contributed by atoms with Gasteiger partial charge in [0.1, 0.15) is 6.10 Å².